The minimum absolute atomic E-state index is 0. The van der Waals surface area contributed by atoms with Crippen LogP contribution >= 0.6 is 0 Å². The molecular formula is C8H6ArO. The Labute approximate surface area is 89.0 Å². The molecule has 0 unspecified atom stereocenters. The van der Waals surface area contributed by atoms with Crippen molar-refractivity contribution in [2.45, 2.75) is 0 Å². The van der Waals surface area contributed by atoms with Crippen molar-refractivity contribution in [1.82, 2.24) is 0 Å². The van der Waals surface area contributed by atoms with Gasteiger partial charge in [0.2, 0.25) is 0 Å². The fourth-order valence-electron chi connectivity index (χ4n) is 0.906. The van der Waals surface area contributed by atoms with Crippen molar-refractivity contribution in [3.8, 4) is 0 Å². The monoisotopic (exact) mass is 158 g/mol. The van der Waals surface area contributed by atoms with Crippen molar-refractivity contribution in [3.05, 3.63) is 36.6 Å². The van der Waals surface area contributed by atoms with Gasteiger partial charge in [-0.3, -0.25) is 0 Å². The molecule has 0 radical (unpaired) electrons. The summed E-state index contributed by atoms with van der Waals surface area (Å²) in [6.45, 7) is 0. The summed E-state index contributed by atoms with van der Waals surface area (Å²) < 4.78 is 5.12. The number of rotatable bonds is 0. The molecule has 2 heteroatoms. The second kappa shape index (κ2) is 3.42. The predicted molar refractivity (Wildman–Crippen MR) is 36.2 cm³/mol. The van der Waals surface area contributed by atoms with Crippen LogP contribution in [0.4, 0.5) is 0 Å². The van der Waals surface area contributed by atoms with Crippen LogP contribution < -0.4 is 0 Å². The molecule has 10 heavy (non-hydrogen) atoms. The van der Waals surface area contributed by atoms with Gasteiger partial charge in [0.05, 0.1) is 6.26 Å². The molecule has 0 aliphatic rings. The van der Waals surface area contributed by atoms with Crippen molar-refractivity contribution in [2.75, 3.05) is 0 Å². The topological polar surface area (TPSA) is 13.1 Å². The molecule has 0 N–H and O–H groups in total. The van der Waals surface area contributed by atoms with Crippen LogP contribution in [0.3, 0.4) is 0 Å². The van der Waals surface area contributed by atoms with Crippen molar-refractivity contribution in [3.63, 3.8) is 0 Å². The molecule has 0 saturated heterocycles. The third kappa shape index (κ3) is 1.36. The quantitative estimate of drug-likeness (QED) is 0.573. The van der Waals surface area contributed by atoms with E-state index in [1.54, 1.807) is 6.26 Å². The number of para-hydroxylation sites is 1. The fourth-order valence-corrected chi connectivity index (χ4v) is 0.906. The van der Waals surface area contributed by atoms with Gasteiger partial charge in [-0.25, -0.2) is 0 Å². The van der Waals surface area contributed by atoms with Crippen LogP contribution in [-0.4, -0.2) is 0 Å². The summed E-state index contributed by atoms with van der Waals surface area (Å²) in [4.78, 5) is 0. The first-order chi connectivity index (χ1) is 4.47. The first kappa shape index (κ1) is 8.12. The third-order valence-corrected chi connectivity index (χ3v) is 1.36. The van der Waals surface area contributed by atoms with Gasteiger partial charge in [-0.1, -0.05) is 18.2 Å². The van der Waals surface area contributed by atoms with E-state index < -0.39 is 0 Å². The van der Waals surface area contributed by atoms with Gasteiger partial charge < -0.3 is 4.42 Å². The van der Waals surface area contributed by atoms with Crippen LogP contribution in [0.2, 0.25) is 0 Å². The molecule has 1 nitrogen and oxygen atoms in total. The average Bonchev–Trinajstić information content (AvgIpc) is 2.33. The number of hydrogen-bond acceptors (Lipinski definition) is 1. The minimum Gasteiger partial charge on any atom is -0.464 e. The summed E-state index contributed by atoms with van der Waals surface area (Å²) in [7, 11) is 0. The smallest absolute Gasteiger partial charge is 0.133 e. The van der Waals surface area contributed by atoms with E-state index in [0.29, 0.717) is 0 Å². The molecule has 0 aliphatic carbocycles. The van der Waals surface area contributed by atoms with E-state index in [0.717, 1.165) is 11.0 Å². The Balaban J connectivity index is 0.000000500. The van der Waals surface area contributed by atoms with Crippen molar-refractivity contribution < 1.29 is 42.2 Å². The molecular weight excluding hydrogens is 152 g/mol. The molecule has 0 amide bonds. The second-order valence-corrected chi connectivity index (χ2v) is 1.96. The summed E-state index contributed by atoms with van der Waals surface area (Å²) in [6.07, 6.45) is 1.70. The number of hydrogen-bond donors (Lipinski definition) is 0. The standard InChI is InChI=1S/C8H6O.Ar/c1-2-4-8-7(3-1)5-6-9-8;/h1-6H;. The zero-order valence-corrected chi connectivity index (χ0v) is 5.93. The number of fused-ring (bicyclic) bond motifs is 1. The van der Waals surface area contributed by atoms with E-state index in [4.69, 9.17) is 4.42 Å². The molecule has 1 heterocycles. The average molecular weight is 158 g/mol. The summed E-state index contributed by atoms with van der Waals surface area (Å²) in [6, 6.07) is 9.90. The molecule has 0 atom stereocenters. The molecule has 2 rings (SSSR count). The molecule has 0 saturated carbocycles. The Bertz CT molecular complexity index is 283. The van der Waals surface area contributed by atoms with Crippen molar-refractivity contribution >= 4 is 11.0 Å². The molecule has 1 aromatic heterocycles. The van der Waals surface area contributed by atoms with Crippen LogP contribution in [-0.2, 0) is 0 Å². The van der Waals surface area contributed by atoms with Gasteiger partial charge >= 0.3 is 0 Å². The largest absolute Gasteiger partial charge is 0.464 e. The van der Waals surface area contributed by atoms with Gasteiger partial charge in [0.1, 0.15) is 5.58 Å². The zero-order chi connectivity index (χ0) is 6.10. The van der Waals surface area contributed by atoms with E-state index in [9.17, 15) is 0 Å². The predicted octanol–water partition coefficient (Wildman–Crippen LogP) is 2.43. The number of furan rings is 1. The van der Waals surface area contributed by atoms with E-state index in [-0.39, 0.29) is 37.7 Å². The van der Waals surface area contributed by atoms with Gasteiger partial charge in [0, 0.05) is 43.1 Å². The molecule has 0 bridgehead atoms. The SMILES string of the molecule is [Ar].c1ccc2occc2c1. The molecule has 0 fully saturated rings. The Morgan fingerprint density at radius 1 is 1.00 bits per heavy atom. The molecule has 52 valence electrons. The summed E-state index contributed by atoms with van der Waals surface area (Å²) in [5.74, 6) is 0. The van der Waals surface area contributed by atoms with Gasteiger partial charge in [-0.2, -0.15) is 0 Å². The zero-order valence-electron chi connectivity index (χ0n) is 5.23. The minimum atomic E-state index is 0. The van der Waals surface area contributed by atoms with Crippen LogP contribution in [0.15, 0.2) is 41.0 Å². The van der Waals surface area contributed by atoms with E-state index in [1.165, 1.54) is 0 Å². The first-order valence-corrected chi connectivity index (χ1v) is 2.89. The second-order valence-electron chi connectivity index (χ2n) is 1.96. The molecule has 1 aromatic carbocycles. The number of benzene rings is 1. The molecule has 0 spiro atoms. The van der Waals surface area contributed by atoms with E-state index >= 15 is 0 Å². The first-order valence-electron chi connectivity index (χ1n) is 2.89. The normalized spacial score (nSPS) is 9.20. The van der Waals surface area contributed by atoms with Gasteiger partial charge in [0.25, 0.3) is 0 Å². The van der Waals surface area contributed by atoms with Crippen LogP contribution in [0.25, 0.3) is 11.0 Å². The Hall–Kier alpha value is 0.0197. The van der Waals surface area contributed by atoms with Crippen LogP contribution in [0.1, 0.15) is 0 Å². The van der Waals surface area contributed by atoms with Crippen LogP contribution in [0.5, 0.6) is 0 Å². The van der Waals surface area contributed by atoms with E-state index in [2.05, 4.69) is 0 Å². The maximum absolute atomic E-state index is 5.12. The maximum atomic E-state index is 5.12. The summed E-state index contributed by atoms with van der Waals surface area (Å²) in [5, 5.41) is 1.16. The van der Waals surface area contributed by atoms with E-state index in [1.807, 2.05) is 30.3 Å². The Kier molecular flexibility index (Phi) is 2.78. The maximum Gasteiger partial charge on any atom is 0.133 e. The van der Waals surface area contributed by atoms with Gasteiger partial charge in [-0.15, -0.1) is 0 Å². The molecule has 0 aliphatic heterocycles. The Morgan fingerprint density at radius 3 is 2.60 bits per heavy atom. The Morgan fingerprint density at radius 2 is 1.80 bits per heavy atom. The van der Waals surface area contributed by atoms with Crippen molar-refractivity contribution in [2.24, 2.45) is 0 Å². The van der Waals surface area contributed by atoms with Crippen LogP contribution in [0, 0.1) is 37.7 Å². The summed E-state index contributed by atoms with van der Waals surface area (Å²) in [5.41, 5.74) is 0.956. The van der Waals surface area contributed by atoms with Gasteiger partial charge in [-0.05, 0) is 12.1 Å². The molecule has 2 aromatic rings. The van der Waals surface area contributed by atoms with Gasteiger partial charge in [0.15, 0.2) is 0 Å². The third-order valence-electron chi connectivity index (χ3n) is 1.36. The fraction of sp³-hybridized carbons (Fsp3) is 0. The summed E-state index contributed by atoms with van der Waals surface area (Å²) >= 11 is 0. The van der Waals surface area contributed by atoms with Crippen molar-refractivity contribution in [1.29, 1.82) is 0 Å².